The summed E-state index contributed by atoms with van der Waals surface area (Å²) in [4.78, 5) is 29.2. The molecule has 0 aliphatic rings. The largest absolute Gasteiger partial charge is 0.478 e. The van der Waals surface area contributed by atoms with Gasteiger partial charge in [-0.15, -0.1) is 0 Å². The molecule has 0 fully saturated rings. The molecular formula is C15H22N2O4. The van der Waals surface area contributed by atoms with Crippen molar-refractivity contribution in [1.82, 2.24) is 9.88 Å². The fraction of sp³-hybridized carbons (Fsp3) is 0.533. The number of pyridine rings is 1. The van der Waals surface area contributed by atoms with Gasteiger partial charge in [0.15, 0.2) is 0 Å². The van der Waals surface area contributed by atoms with Gasteiger partial charge < -0.3 is 15.1 Å². The average Bonchev–Trinajstić information content (AvgIpc) is 2.46. The molecule has 0 atom stereocenters. The Bertz CT molecular complexity index is 512. The standard InChI is InChI=1S/C15H22N2O4/c1-4-11(5-2)17(8-9-18)14(19)13-7-6-12(15(20)21)10(3)16-13/h6-7,11,18H,4-5,8-9H2,1-3H3,(H,20,21). The topological polar surface area (TPSA) is 90.7 Å². The van der Waals surface area contributed by atoms with Gasteiger partial charge in [-0.2, -0.15) is 0 Å². The van der Waals surface area contributed by atoms with E-state index in [9.17, 15) is 9.59 Å². The van der Waals surface area contributed by atoms with Gasteiger partial charge in [0.2, 0.25) is 0 Å². The smallest absolute Gasteiger partial charge is 0.337 e. The van der Waals surface area contributed by atoms with Gasteiger partial charge in [0.1, 0.15) is 5.69 Å². The molecule has 1 aromatic heterocycles. The van der Waals surface area contributed by atoms with Crippen molar-refractivity contribution < 1.29 is 19.8 Å². The molecule has 0 spiro atoms. The number of carbonyl (C=O) groups is 2. The summed E-state index contributed by atoms with van der Waals surface area (Å²) in [6, 6.07) is 2.85. The first-order valence-corrected chi connectivity index (χ1v) is 7.08. The van der Waals surface area contributed by atoms with Crippen molar-refractivity contribution in [3.63, 3.8) is 0 Å². The summed E-state index contributed by atoms with van der Waals surface area (Å²) in [5.41, 5.74) is 0.600. The zero-order valence-electron chi connectivity index (χ0n) is 12.7. The first-order chi connectivity index (χ1) is 9.96. The Kier molecular flexibility index (Phi) is 6.30. The molecule has 0 aliphatic heterocycles. The molecule has 0 bridgehead atoms. The van der Waals surface area contributed by atoms with Crippen molar-refractivity contribution >= 4 is 11.9 Å². The summed E-state index contributed by atoms with van der Waals surface area (Å²) in [5.74, 6) is -1.34. The number of aliphatic hydroxyl groups is 1. The van der Waals surface area contributed by atoms with Gasteiger partial charge in [0, 0.05) is 12.6 Å². The second-order valence-corrected chi connectivity index (χ2v) is 4.83. The van der Waals surface area contributed by atoms with Crippen LogP contribution in [0, 0.1) is 6.92 Å². The van der Waals surface area contributed by atoms with Crippen LogP contribution in [0.25, 0.3) is 0 Å². The monoisotopic (exact) mass is 294 g/mol. The summed E-state index contributed by atoms with van der Waals surface area (Å²) < 4.78 is 0. The Labute approximate surface area is 124 Å². The van der Waals surface area contributed by atoms with Crippen LogP contribution in [0.1, 0.15) is 53.2 Å². The quantitative estimate of drug-likeness (QED) is 0.799. The third kappa shape index (κ3) is 4.01. The van der Waals surface area contributed by atoms with Crippen molar-refractivity contribution in [2.75, 3.05) is 13.2 Å². The number of hydrogen-bond donors (Lipinski definition) is 2. The predicted octanol–water partition coefficient (Wildman–Crippen LogP) is 1.71. The normalized spacial score (nSPS) is 10.7. The Balaban J connectivity index is 3.09. The molecule has 1 aromatic rings. The van der Waals surface area contributed by atoms with Crippen molar-refractivity contribution in [2.45, 2.75) is 39.7 Å². The van der Waals surface area contributed by atoms with Crippen LogP contribution in [0.3, 0.4) is 0 Å². The highest BCUT2D eigenvalue weighted by Gasteiger charge is 2.23. The molecule has 2 N–H and O–H groups in total. The minimum absolute atomic E-state index is 0.0332. The third-order valence-corrected chi connectivity index (χ3v) is 3.52. The number of carbonyl (C=O) groups excluding carboxylic acids is 1. The van der Waals surface area contributed by atoms with Crippen LogP contribution >= 0.6 is 0 Å². The minimum Gasteiger partial charge on any atom is -0.478 e. The number of amides is 1. The lowest BCUT2D eigenvalue weighted by Gasteiger charge is -2.29. The molecule has 21 heavy (non-hydrogen) atoms. The average molecular weight is 294 g/mol. The van der Waals surface area contributed by atoms with E-state index < -0.39 is 5.97 Å². The minimum atomic E-state index is -1.06. The Morgan fingerprint density at radius 3 is 2.33 bits per heavy atom. The second kappa shape index (κ2) is 7.73. The van der Waals surface area contributed by atoms with Gasteiger partial charge in [-0.25, -0.2) is 9.78 Å². The number of aliphatic hydroxyl groups excluding tert-OH is 1. The van der Waals surface area contributed by atoms with E-state index in [4.69, 9.17) is 10.2 Å². The number of rotatable bonds is 7. The van der Waals surface area contributed by atoms with E-state index in [1.165, 1.54) is 12.1 Å². The van der Waals surface area contributed by atoms with Gasteiger partial charge in [-0.1, -0.05) is 13.8 Å². The Morgan fingerprint density at radius 1 is 1.29 bits per heavy atom. The molecule has 0 aromatic carbocycles. The summed E-state index contributed by atoms with van der Waals surface area (Å²) in [6.45, 7) is 5.66. The number of carboxylic acids is 1. The molecule has 6 heteroatoms. The van der Waals surface area contributed by atoms with Crippen LogP contribution in [0.5, 0.6) is 0 Å². The van der Waals surface area contributed by atoms with Crippen LogP contribution in [-0.2, 0) is 0 Å². The zero-order chi connectivity index (χ0) is 16.0. The maximum Gasteiger partial charge on any atom is 0.337 e. The number of carboxylic acid groups (broad SMARTS) is 1. The molecule has 0 aliphatic carbocycles. The van der Waals surface area contributed by atoms with Crippen molar-refractivity contribution in [3.8, 4) is 0 Å². The summed E-state index contributed by atoms with van der Waals surface area (Å²) in [7, 11) is 0. The first-order valence-electron chi connectivity index (χ1n) is 7.08. The van der Waals surface area contributed by atoms with E-state index in [1.807, 2.05) is 13.8 Å². The summed E-state index contributed by atoms with van der Waals surface area (Å²) in [5, 5.41) is 18.1. The Hall–Kier alpha value is -1.95. The van der Waals surface area contributed by atoms with E-state index in [0.29, 0.717) is 5.69 Å². The number of aromatic carboxylic acids is 1. The first kappa shape index (κ1) is 17.1. The van der Waals surface area contributed by atoms with Gasteiger partial charge in [-0.05, 0) is 31.9 Å². The lowest BCUT2D eigenvalue weighted by Crippen LogP contribution is -2.42. The molecule has 6 nitrogen and oxygen atoms in total. The van der Waals surface area contributed by atoms with E-state index in [2.05, 4.69) is 4.98 Å². The number of aromatic nitrogens is 1. The number of hydrogen-bond acceptors (Lipinski definition) is 4. The summed E-state index contributed by atoms with van der Waals surface area (Å²) >= 11 is 0. The van der Waals surface area contributed by atoms with Gasteiger partial charge in [-0.3, -0.25) is 4.79 Å². The molecule has 0 saturated carbocycles. The van der Waals surface area contributed by atoms with E-state index in [-0.39, 0.29) is 36.4 Å². The lowest BCUT2D eigenvalue weighted by molar-refractivity contribution is 0.0613. The Morgan fingerprint density at radius 2 is 1.90 bits per heavy atom. The third-order valence-electron chi connectivity index (χ3n) is 3.52. The maximum absolute atomic E-state index is 12.5. The lowest BCUT2D eigenvalue weighted by atomic mass is 10.1. The van der Waals surface area contributed by atoms with Gasteiger partial charge in [0.05, 0.1) is 17.9 Å². The molecule has 0 unspecified atom stereocenters. The van der Waals surface area contributed by atoms with Crippen molar-refractivity contribution in [2.24, 2.45) is 0 Å². The van der Waals surface area contributed by atoms with Crippen LogP contribution in [-0.4, -0.2) is 51.2 Å². The zero-order valence-corrected chi connectivity index (χ0v) is 12.7. The highest BCUT2D eigenvalue weighted by atomic mass is 16.4. The molecule has 0 saturated heterocycles. The van der Waals surface area contributed by atoms with E-state index in [0.717, 1.165) is 12.8 Å². The highest BCUT2D eigenvalue weighted by molar-refractivity contribution is 5.94. The van der Waals surface area contributed by atoms with Crippen molar-refractivity contribution in [1.29, 1.82) is 0 Å². The molecule has 1 amide bonds. The predicted molar refractivity (Wildman–Crippen MR) is 78.4 cm³/mol. The van der Waals surface area contributed by atoms with E-state index >= 15 is 0 Å². The van der Waals surface area contributed by atoms with Crippen LogP contribution in [0.15, 0.2) is 12.1 Å². The number of aryl methyl sites for hydroxylation is 1. The van der Waals surface area contributed by atoms with Crippen LogP contribution < -0.4 is 0 Å². The SMILES string of the molecule is CCC(CC)N(CCO)C(=O)c1ccc(C(=O)O)c(C)n1. The molecule has 1 heterocycles. The molecule has 0 radical (unpaired) electrons. The molecule has 116 valence electrons. The van der Waals surface area contributed by atoms with Crippen LogP contribution in [0.4, 0.5) is 0 Å². The highest BCUT2D eigenvalue weighted by Crippen LogP contribution is 2.14. The number of nitrogens with zero attached hydrogens (tertiary/aromatic N) is 2. The fourth-order valence-electron chi connectivity index (χ4n) is 2.34. The second-order valence-electron chi connectivity index (χ2n) is 4.83. The molecular weight excluding hydrogens is 272 g/mol. The van der Waals surface area contributed by atoms with Gasteiger partial charge in [0.25, 0.3) is 5.91 Å². The van der Waals surface area contributed by atoms with E-state index in [1.54, 1.807) is 11.8 Å². The van der Waals surface area contributed by atoms with Gasteiger partial charge >= 0.3 is 5.97 Å². The fourth-order valence-corrected chi connectivity index (χ4v) is 2.34. The maximum atomic E-state index is 12.5. The van der Waals surface area contributed by atoms with Crippen molar-refractivity contribution in [3.05, 3.63) is 29.1 Å². The molecule has 1 rings (SSSR count). The summed E-state index contributed by atoms with van der Waals surface area (Å²) in [6.07, 6.45) is 1.57. The van der Waals surface area contributed by atoms with Crippen LogP contribution in [0.2, 0.25) is 0 Å².